The molecule has 4 heteroatoms. The van der Waals surface area contributed by atoms with Crippen molar-refractivity contribution in [3.63, 3.8) is 0 Å². The van der Waals surface area contributed by atoms with Crippen LogP contribution in [-0.2, 0) is 0 Å². The molecule has 2 aromatic carbocycles. The van der Waals surface area contributed by atoms with Crippen LogP contribution in [0.2, 0.25) is 0 Å². The summed E-state index contributed by atoms with van der Waals surface area (Å²) in [5, 5.41) is 0. The maximum Gasteiger partial charge on any atom is 0.136 e. The van der Waals surface area contributed by atoms with Crippen LogP contribution in [-0.4, -0.2) is 18.9 Å². The number of benzene rings is 2. The maximum atomic E-state index is 13.4. The van der Waals surface area contributed by atoms with Crippen molar-refractivity contribution in [1.82, 2.24) is 0 Å². The van der Waals surface area contributed by atoms with E-state index in [4.69, 9.17) is 10.5 Å². The molecule has 0 heterocycles. The van der Waals surface area contributed by atoms with Crippen LogP contribution < -0.4 is 10.5 Å². The molecule has 0 fully saturated rings. The average Bonchev–Trinajstić information content (AvgIpc) is 2.52. The second-order valence-electron chi connectivity index (χ2n) is 4.16. The zero-order chi connectivity index (χ0) is 14.9. The highest BCUT2D eigenvalue weighted by molar-refractivity contribution is 7.99. The van der Waals surface area contributed by atoms with E-state index in [9.17, 15) is 4.39 Å². The zero-order valence-corrected chi connectivity index (χ0v) is 12.3. The topological polar surface area (TPSA) is 35.2 Å². The lowest BCUT2D eigenvalue weighted by Gasteiger charge is -2.06. The Morgan fingerprint density at radius 1 is 1.10 bits per heavy atom. The van der Waals surface area contributed by atoms with E-state index in [0.29, 0.717) is 23.8 Å². The van der Waals surface area contributed by atoms with Crippen LogP contribution in [0.1, 0.15) is 5.56 Å². The van der Waals surface area contributed by atoms with Crippen LogP contribution in [0.25, 0.3) is 0 Å². The van der Waals surface area contributed by atoms with Crippen molar-refractivity contribution in [2.75, 3.05) is 18.9 Å². The van der Waals surface area contributed by atoms with Gasteiger partial charge in [-0.3, -0.25) is 0 Å². The van der Waals surface area contributed by atoms with E-state index in [0.717, 1.165) is 11.3 Å². The molecule has 0 amide bonds. The first-order chi connectivity index (χ1) is 10.3. The average molecular weight is 301 g/mol. The molecule has 2 nitrogen and oxygen atoms in total. The van der Waals surface area contributed by atoms with Gasteiger partial charge in [-0.05, 0) is 36.4 Å². The van der Waals surface area contributed by atoms with Crippen LogP contribution in [0, 0.1) is 17.7 Å². The monoisotopic (exact) mass is 301 g/mol. The normalized spacial score (nSPS) is 9.81. The Kier molecular flexibility index (Phi) is 6.14. The number of rotatable bonds is 5. The number of hydrogen-bond acceptors (Lipinski definition) is 3. The number of halogens is 1. The Balaban J connectivity index is 1.77. The highest BCUT2D eigenvalue weighted by Crippen LogP contribution is 2.21. The standard InChI is InChI=1S/C17H16FNOS/c18-16-5-1-2-6-17(16)21-13-12-20-15-9-7-14(8-10-15)4-3-11-19/h1-2,5-10H,11-13,19H2. The van der Waals surface area contributed by atoms with Crippen molar-refractivity contribution >= 4 is 11.8 Å². The van der Waals surface area contributed by atoms with Gasteiger partial charge in [-0.15, -0.1) is 11.8 Å². The molecule has 0 saturated heterocycles. The fraction of sp³-hybridized carbons (Fsp3) is 0.176. The molecule has 0 aliphatic rings. The number of hydrogen-bond donors (Lipinski definition) is 1. The highest BCUT2D eigenvalue weighted by Gasteiger charge is 2.01. The summed E-state index contributed by atoms with van der Waals surface area (Å²) in [6.07, 6.45) is 0. The summed E-state index contributed by atoms with van der Waals surface area (Å²) in [6.45, 7) is 0.873. The Morgan fingerprint density at radius 3 is 2.57 bits per heavy atom. The molecular formula is C17H16FNOS. The van der Waals surface area contributed by atoms with Crippen molar-refractivity contribution in [3.8, 4) is 17.6 Å². The molecule has 0 radical (unpaired) electrons. The van der Waals surface area contributed by atoms with Gasteiger partial charge in [0.05, 0.1) is 13.2 Å². The van der Waals surface area contributed by atoms with Gasteiger partial charge < -0.3 is 10.5 Å². The van der Waals surface area contributed by atoms with Gasteiger partial charge in [0.15, 0.2) is 0 Å². The number of thioether (sulfide) groups is 1. The SMILES string of the molecule is NCC#Cc1ccc(OCCSc2ccccc2F)cc1. The molecule has 0 aliphatic heterocycles. The van der Waals surface area contributed by atoms with Gasteiger partial charge >= 0.3 is 0 Å². The quantitative estimate of drug-likeness (QED) is 0.523. The van der Waals surface area contributed by atoms with E-state index in [1.807, 2.05) is 30.3 Å². The maximum absolute atomic E-state index is 13.4. The van der Waals surface area contributed by atoms with Crippen molar-refractivity contribution in [2.24, 2.45) is 5.73 Å². The highest BCUT2D eigenvalue weighted by atomic mass is 32.2. The van der Waals surface area contributed by atoms with Crippen LogP contribution in [0.15, 0.2) is 53.4 Å². The van der Waals surface area contributed by atoms with Gasteiger partial charge in [0.25, 0.3) is 0 Å². The van der Waals surface area contributed by atoms with Crippen molar-refractivity contribution in [3.05, 3.63) is 59.9 Å². The molecular weight excluding hydrogens is 285 g/mol. The largest absolute Gasteiger partial charge is 0.493 e. The fourth-order valence-corrected chi connectivity index (χ4v) is 2.43. The molecule has 0 saturated carbocycles. The summed E-state index contributed by atoms with van der Waals surface area (Å²) in [4.78, 5) is 0.647. The van der Waals surface area contributed by atoms with E-state index in [1.54, 1.807) is 12.1 Å². The number of ether oxygens (including phenoxy) is 1. The molecule has 2 aromatic rings. The Hall–Kier alpha value is -1.96. The van der Waals surface area contributed by atoms with Gasteiger partial charge in [0, 0.05) is 16.2 Å². The molecule has 108 valence electrons. The first-order valence-electron chi connectivity index (χ1n) is 6.59. The predicted molar refractivity (Wildman–Crippen MR) is 85.0 cm³/mol. The molecule has 0 unspecified atom stereocenters. The first-order valence-corrected chi connectivity index (χ1v) is 7.57. The molecule has 2 rings (SSSR count). The summed E-state index contributed by atoms with van der Waals surface area (Å²) in [5.41, 5.74) is 6.23. The van der Waals surface area contributed by atoms with E-state index in [1.165, 1.54) is 17.8 Å². The minimum atomic E-state index is -0.190. The van der Waals surface area contributed by atoms with E-state index >= 15 is 0 Å². The van der Waals surface area contributed by atoms with Crippen molar-refractivity contribution < 1.29 is 9.13 Å². The zero-order valence-electron chi connectivity index (χ0n) is 11.5. The molecule has 0 bridgehead atoms. The van der Waals surface area contributed by atoms with Gasteiger partial charge in [0.1, 0.15) is 11.6 Å². The van der Waals surface area contributed by atoms with E-state index in [2.05, 4.69) is 11.8 Å². The summed E-state index contributed by atoms with van der Waals surface area (Å²) < 4.78 is 19.0. The molecule has 2 N–H and O–H groups in total. The molecule has 0 spiro atoms. The lowest BCUT2D eigenvalue weighted by atomic mass is 10.2. The lowest BCUT2D eigenvalue weighted by Crippen LogP contribution is -2.00. The number of nitrogens with two attached hydrogens (primary N) is 1. The first kappa shape index (κ1) is 15.4. The third kappa shape index (κ3) is 5.14. The van der Waals surface area contributed by atoms with Crippen LogP contribution in [0.5, 0.6) is 5.75 Å². The van der Waals surface area contributed by atoms with Crippen molar-refractivity contribution in [1.29, 1.82) is 0 Å². The molecule has 0 atom stereocenters. The predicted octanol–water partition coefficient (Wildman–Crippen LogP) is 3.31. The fourth-order valence-electron chi connectivity index (χ4n) is 1.66. The summed E-state index contributed by atoms with van der Waals surface area (Å²) in [6, 6.07) is 14.3. The van der Waals surface area contributed by atoms with Gasteiger partial charge in [-0.2, -0.15) is 0 Å². The Bertz CT molecular complexity index is 631. The minimum Gasteiger partial charge on any atom is -0.493 e. The summed E-state index contributed by atoms with van der Waals surface area (Å²) >= 11 is 1.44. The van der Waals surface area contributed by atoms with Crippen LogP contribution in [0.3, 0.4) is 0 Å². The second-order valence-corrected chi connectivity index (χ2v) is 5.29. The van der Waals surface area contributed by atoms with Gasteiger partial charge in [-0.25, -0.2) is 4.39 Å². The molecule has 21 heavy (non-hydrogen) atoms. The summed E-state index contributed by atoms with van der Waals surface area (Å²) in [5.74, 6) is 7.03. The van der Waals surface area contributed by atoms with Gasteiger partial charge in [-0.1, -0.05) is 24.0 Å². The summed E-state index contributed by atoms with van der Waals surface area (Å²) in [7, 11) is 0. The Morgan fingerprint density at radius 2 is 1.86 bits per heavy atom. The third-order valence-electron chi connectivity index (χ3n) is 2.64. The van der Waals surface area contributed by atoms with E-state index in [-0.39, 0.29) is 5.82 Å². The minimum absolute atomic E-state index is 0.190. The van der Waals surface area contributed by atoms with Crippen molar-refractivity contribution in [2.45, 2.75) is 4.90 Å². The third-order valence-corrected chi connectivity index (χ3v) is 3.65. The van der Waals surface area contributed by atoms with Gasteiger partial charge in [0.2, 0.25) is 0 Å². The van der Waals surface area contributed by atoms with Crippen LogP contribution >= 0.6 is 11.8 Å². The smallest absolute Gasteiger partial charge is 0.136 e. The van der Waals surface area contributed by atoms with Crippen LogP contribution in [0.4, 0.5) is 4.39 Å². The molecule has 0 aromatic heterocycles. The second kappa shape index (κ2) is 8.35. The van der Waals surface area contributed by atoms with E-state index < -0.39 is 0 Å². The molecule has 0 aliphatic carbocycles. The Labute approximate surface area is 128 Å². The lowest BCUT2D eigenvalue weighted by molar-refractivity contribution is 0.344.